The van der Waals surface area contributed by atoms with Gasteiger partial charge in [0.05, 0.1) is 13.2 Å². The van der Waals surface area contributed by atoms with E-state index in [2.05, 4.69) is 39.6 Å². The predicted octanol–water partition coefficient (Wildman–Crippen LogP) is 2.05. The molecule has 2 amide bonds. The molecule has 8 nitrogen and oxygen atoms in total. The van der Waals surface area contributed by atoms with Crippen molar-refractivity contribution in [3.8, 4) is 0 Å². The van der Waals surface area contributed by atoms with Crippen LogP contribution in [-0.4, -0.2) is 66.3 Å². The van der Waals surface area contributed by atoms with Crippen molar-refractivity contribution in [2.75, 3.05) is 44.7 Å². The molecule has 156 valence electrons. The van der Waals surface area contributed by atoms with Gasteiger partial charge in [0.2, 0.25) is 5.01 Å². The molecule has 2 aromatic rings. The maximum Gasteiger partial charge on any atom is 0.286 e. The number of carbonyl (C=O) groups excluding carboxylic acids is 2. The summed E-state index contributed by atoms with van der Waals surface area (Å²) >= 11 is 1.30. The van der Waals surface area contributed by atoms with Crippen LogP contribution in [0.3, 0.4) is 0 Å². The van der Waals surface area contributed by atoms with Gasteiger partial charge in [0.1, 0.15) is 5.01 Å². The fraction of sp³-hybridized carbons (Fsp3) is 0.500. The number of morpholine rings is 1. The van der Waals surface area contributed by atoms with Crippen LogP contribution in [0, 0.1) is 5.92 Å². The molecule has 0 bridgehead atoms. The SMILES string of the molecule is CC(C)Cc1nnc(C(=O)Nc2cccc(C(=O)NCCN3CCOCC3)c2)s1. The topological polar surface area (TPSA) is 96.5 Å². The Morgan fingerprint density at radius 2 is 2.00 bits per heavy atom. The van der Waals surface area contributed by atoms with Gasteiger partial charge >= 0.3 is 0 Å². The Morgan fingerprint density at radius 1 is 1.21 bits per heavy atom. The molecule has 0 radical (unpaired) electrons. The van der Waals surface area contributed by atoms with Crippen molar-refractivity contribution in [1.82, 2.24) is 20.4 Å². The summed E-state index contributed by atoms with van der Waals surface area (Å²) in [6.45, 7) is 8.81. The van der Waals surface area contributed by atoms with Crippen molar-refractivity contribution < 1.29 is 14.3 Å². The largest absolute Gasteiger partial charge is 0.379 e. The van der Waals surface area contributed by atoms with Gasteiger partial charge in [0.25, 0.3) is 11.8 Å². The number of amides is 2. The standard InChI is InChI=1S/C20H27N5O3S/c1-14(2)12-17-23-24-20(29-17)19(27)22-16-5-3-4-15(13-16)18(26)21-6-7-25-8-10-28-11-9-25/h3-5,13-14H,6-12H2,1-2H3,(H,21,26)(H,22,27). The lowest BCUT2D eigenvalue weighted by molar-refractivity contribution is 0.0383. The van der Waals surface area contributed by atoms with Crippen molar-refractivity contribution in [3.63, 3.8) is 0 Å². The highest BCUT2D eigenvalue weighted by Crippen LogP contribution is 2.17. The number of aromatic nitrogens is 2. The summed E-state index contributed by atoms with van der Waals surface area (Å²) in [6.07, 6.45) is 0.797. The summed E-state index contributed by atoms with van der Waals surface area (Å²) in [5.41, 5.74) is 1.05. The van der Waals surface area contributed by atoms with E-state index in [9.17, 15) is 9.59 Å². The minimum absolute atomic E-state index is 0.163. The Hall–Kier alpha value is -2.36. The van der Waals surface area contributed by atoms with Crippen molar-refractivity contribution in [2.24, 2.45) is 5.92 Å². The second-order valence-electron chi connectivity index (χ2n) is 7.34. The van der Waals surface area contributed by atoms with E-state index in [1.165, 1.54) is 11.3 Å². The van der Waals surface area contributed by atoms with Gasteiger partial charge in [-0.3, -0.25) is 14.5 Å². The monoisotopic (exact) mass is 417 g/mol. The van der Waals surface area contributed by atoms with Crippen LogP contribution in [0.15, 0.2) is 24.3 Å². The van der Waals surface area contributed by atoms with Crippen molar-refractivity contribution >= 4 is 28.8 Å². The zero-order chi connectivity index (χ0) is 20.6. The van der Waals surface area contributed by atoms with Gasteiger partial charge in [-0.05, 0) is 24.1 Å². The second-order valence-corrected chi connectivity index (χ2v) is 8.41. The molecule has 0 spiro atoms. The number of benzene rings is 1. The first-order chi connectivity index (χ1) is 14.0. The Balaban J connectivity index is 1.52. The molecule has 0 aliphatic carbocycles. The van der Waals surface area contributed by atoms with E-state index >= 15 is 0 Å². The first-order valence-corrected chi connectivity index (χ1v) is 10.6. The summed E-state index contributed by atoms with van der Waals surface area (Å²) in [6, 6.07) is 6.89. The number of ether oxygens (including phenoxy) is 1. The molecule has 0 saturated carbocycles. The van der Waals surface area contributed by atoms with Crippen LogP contribution in [0.2, 0.25) is 0 Å². The molecule has 2 heterocycles. The number of nitrogens with one attached hydrogen (secondary N) is 2. The van der Waals surface area contributed by atoms with Crippen LogP contribution in [0.1, 0.15) is 39.0 Å². The molecular weight excluding hydrogens is 390 g/mol. The fourth-order valence-electron chi connectivity index (χ4n) is 2.95. The lowest BCUT2D eigenvalue weighted by atomic mass is 10.1. The van der Waals surface area contributed by atoms with Gasteiger partial charge in [-0.15, -0.1) is 10.2 Å². The molecule has 9 heteroatoms. The molecule has 29 heavy (non-hydrogen) atoms. The van der Waals surface area contributed by atoms with Crippen LogP contribution >= 0.6 is 11.3 Å². The van der Waals surface area contributed by atoms with Crippen molar-refractivity contribution in [1.29, 1.82) is 0 Å². The van der Waals surface area contributed by atoms with Gasteiger partial charge < -0.3 is 15.4 Å². The number of carbonyl (C=O) groups is 2. The fourth-order valence-corrected chi connectivity index (χ4v) is 3.90. The highest BCUT2D eigenvalue weighted by Gasteiger charge is 2.15. The minimum atomic E-state index is -0.317. The van der Waals surface area contributed by atoms with E-state index in [1.807, 2.05) is 0 Å². The number of hydrogen-bond acceptors (Lipinski definition) is 7. The summed E-state index contributed by atoms with van der Waals surface area (Å²) < 4.78 is 5.32. The number of hydrogen-bond donors (Lipinski definition) is 2. The van der Waals surface area contributed by atoms with E-state index in [0.717, 1.165) is 44.3 Å². The van der Waals surface area contributed by atoms with Crippen LogP contribution < -0.4 is 10.6 Å². The summed E-state index contributed by atoms with van der Waals surface area (Å²) in [5, 5.41) is 14.9. The smallest absolute Gasteiger partial charge is 0.286 e. The van der Waals surface area contributed by atoms with E-state index in [-0.39, 0.29) is 11.8 Å². The highest BCUT2D eigenvalue weighted by molar-refractivity contribution is 7.13. The summed E-state index contributed by atoms with van der Waals surface area (Å²) in [5.74, 6) is -0.0239. The summed E-state index contributed by atoms with van der Waals surface area (Å²) in [7, 11) is 0. The second kappa shape index (κ2) is 10.4. The Kier molecular flexibility index (Phi) is 7.68. The normalized spacial score (nSPS) is 14.7. The zero-order valence-electron chi connectivity index (χ0n) is 16.8. The third-order valence-corrected chi connectivity index (χ3v) is 5.39. The Bertz CT molecular complexity index is 833. The van der Waals surface area contributed by atoms with E-state index < -0.39 is 0 Å². The molecule has 1 saturated heterocycles. The van der Waals surface area contributed by atoms with Gasteiger partial charge in [0, 0.05) is 43.9 Å². The van der Waals surface area contributed by atoms with E-state index in [4.69, 9.17) is 4.74 Å². The molecular formula is C20H27N5O3S. The number of rotatable bonds is 8. The summed E-state index contributed by atoms with van der Waals surface area (Å²) in [4.78, 5) is 27.1. The first-order valence-electron chi connectivity index (χ1n) is 9.83. The highest BCUT2D eigenvalue weighted by atomic mass is 32.1. The van der Waals surface area contributed by atoms with Crippen LogP contribution in [0.5, 0.6) is 0 Å². The van der Waals surface area contributed by atoms with Gasteiger partial charge in [-0.2, -0.15) is 0 Å². The molecule has 0 atom stereocenters. The molecule has 2 N–H and O–H groups in total. The lowest BCUT2D eigenvalue weighted by Crippen LogP contribution is -2.41. The maximum atomic E-state index is 12.4. The van der Waals surface area contributed by atoms with Gasteiger partial charge in [0.15, 0.2) is 0 Å². The molecule has 1 aliphatic heterocycles. The molecule has 1 aromatic carbocycles. The molecule has 0 unspecified atom stereocenters. The quantitative estimate of drug-likeness (QED) is 0.682. The zero-order valence-corrected chi connectivity index (χ0v) is 17.6. The third-order valence-electron chi connectivity index (χ3n) is 4.44. The van der Waals surface area contributed by atoms with Crippen LogP contribution in [0.4, 0.5) is 5.69 Å². The lowest BCUT2D eigenvalue weighted by Gasteiger charge is -2.26. The van der Waals surface area contributed by atoms with Gasteiger partial charge in [-0.1, -0.05) is 31.3 Å². The van der Waals surface area contributed by atoms with E-state index in [1.54, 1.807) is 24.3 Å². The van der Waals surface area contributed by atoms with Crippen molar-refractivity contribution in [3.05, 3.63) is 39.8 Å². The van der Waals surface area contributed by atoms with Crippen molar-refractivity contribution in [2.45, 2.75) is 20.3 Å². The molecule has 1 fully saturated rings. The Labute approximate surface area is 174 Å². The number of anilines is 1. The van der Waals surface area contributed by atoms with Crippen LogP contribution in [-0.2, 0) is 11.2 Å². The van der Waals surface area contributed by atoms with E-state index in [0.29, 0.717) is 28.7 Å². The average molecular weight is 418 g/mol. The Morgan fingerprint density at radius 3 is 2.76 bits per heavy atom. The van der Waals surface area contributed by atoms with Gasteiger partial charge in [-0.25, -0.2) is 0 Å². The van der Waals surface area contributed by atoms with Crippen LogP contribution in [0.25, 0.3) is 0 Å². The predicted molar refractivity (Wildman–Crippen MR) is 112 cm³/mol. The molecule has 1 aromatic heterocycles. The minimum Gasteiger partial charge on any atom is -0.379 e. The first kappa shape index (κ1) is 21.4. The third kappa shape index (κ3) is 6.59. The molecule has 3 rings (SSSR count). The maximum absolute atomic E-state index is 12.4. The number of nitrogens with zero attached hydrogens (tertiary/aromatic N) is 3. The molecule has 1 aliphatic rings. The average Bonchev–Trinajstić information content (AvgIpc) is 3.17.